The second-order valence-electron chi connectivity index (χ2n) is 13.9. The number of nitrogens with zero attached hydrogens (tertiary/aromatic N) is 3. The molecule has 11 aromatic rings. The SMILES string of the molecule is c1ccc(-c2ccc3oc4cccc(-c5nc(-c6ccccc6)nc(-c6ccc(-c7cccc8c7sc7c(-c9ccccc9)cccc78)cc6)n5)c4c3c2)cc1. The van der Waals surface area contributed by atoms with Gasteiger partial charge in [0.05, 0.1) is 0 Å². The van der Waals surface area contributed by atoms with E-state index in [2.05, 4.69) is 140 Å². The first-order valence-electron chi connectivity index (χ1n) is 18.7. The third-order valence-electron chi connectivity index (χ3n) is 10.6. The monoisotopic (exact) mass is 733 g/mol. The molecule has 56 heavy (non-hydrogen) atoms. The number of furan rings is 1. The van der Waals surface area contributed by atoms with Gasteiger partial charge in [-0.05, 0) is 51.6 Å². The van der Waals surface area contributed by atoms with Crippen LogP contribution in [0.15, 0.2) is 192 Å². The maximum absolute atomic E-state index is 6.40. The highest BCUT2D eigenvalue weighted by atomic mass is 32.1. The fourth-order valence-electron chi connectivity index (χ4n) is 7.86. The van der Waals surface area contributed by atoms with E-state index in [1.165, 1.54) is 36.9 Å². The Morgan fingerprint density at radius 2 is 0.804 bits per heavy atom. The van der Waals surface area contributed by atoms with Crippen molar-refractivity contribution in [3.8, 4) is 67.5 Å². The van der Waals surface area contributed by atoms with E-state index in [4.69, 9.17) is 19.4 Å². The van der Waals surface area contributed by atoms with Gasteiger partial charge in [0, 0.05) is 47.6 Å². The van der Waals surface area contributed by atoms with Crippen LogP contribution in [0.5, 0.6) is 0 Å². The van der Waals surface area contributed by atoms with Crippen molar-refractivity contribution in [1.82, 2.24) is 15.0 Å². The summed E-state index contributed by atoms with van der Waals surface area (Å²) in [5.41, 5.74) is 11.5. The molecule has 3 heterocycles. The lowest BCUT2D eigenvalue weighted by Gasteiger charge is -2.10. The summed E-state index contributed by atoms with van der Waals surface area (Å²) < 4.78 is 8.99. The predicted molar refractivity (Wildman–Crippen MR) is 233 cm³/mol. The molecule has 4 nitrogen and oxygen atoms in total. The molecule has 0 amide bonds. The predicted octanol–water partition coefficient (Wildman–Crippen LogP) is 14.1. The molecule has 0 unspecified atom stereocenters. The zero-order valence-electron chi connectivity index (χ0n) is 30.1. The summed E-state index contributed by atoms with van der Waals surface area (Å²) in [7, 11) is 0. The molecule has 262 valence electrons. The van der Waals surface area contributed by atoms with Crippen molar-refractivity contribution in [2.45, 2.75) is 0 Å². The molecule has 0 aliphatic rings. The van der Waals surface area contributed by atoms with Gasteiger partial charge in [-0.15, -0.1) is 11.3 Å². The zero-order valence-corrected chi connectivity index (χ0v) is 30.9. The topological polar surface area (TPSA) is 51.8 Å². The normalized spacial score (nSPS) is 11.6. The molecule has 0 spiro atoms. The second kappa shape index (κ2) is 13.3. The van der Waals surface area contributed by atoms with Crippen LogP contribution in [0.1, 0.15) is 0 Å². The number of hydrogen-bond donors (Lipinski definition) is 0. The lowest BCUT2D eigenvalue weighted by Crippen LogP contribution is -2.00. The minimum Gasteiger partial charge on any atom is -0.456 e. The van der Waals surface area contributed by atoms with Crippen molar-refractivity contribution < 1.29 is 4.42 Å². The molecule has 0 saturated heterocycles. The summed E-state index contributed by atoms with van der Waals surface area (Å²) in [6.45, 7) is 0. The molecule has 5 heteroatoms. The van der Waals surface area contributed by atoms with Gasteiger partial charge in [-0.2, -0.15) is 0 Å². The molecule has 0 radical (unpaired) electrons. The highest BCUT2D eigenvalue weighted by molar-refractivity contribution is 7.26. The van der Waals surface area contributed by atoms with Gasteiger partial charge in [-0.3, -0.25) is 0 Å². The van der Waals surface area contributed by atoms with Gasteiger partial charge in [0.2, 0.25) is 0 Å². The molecule has 0 N–H and O–H groups in total. The average molecular weight is 734 g/mol. The maximum atomic E-state index is 6.40. The summed E-state index contributed by atoms with van der Waals surface area (Å²) in [4.78, 5) is 15.3. The Morgan fingerprint density at radius 1 is 0.321 bits per heavy atom. The molecule has 0 aliphatic heterocycles. The first kappa shape index (κ1) is 32.2. The average Bonchev–Trinajstić information content (AvgIpc) is 3.86. The van der Waals surface area contributed by atoms with Crippen molar-refractivity contribution in [3.63, 3.8) is 0 Å². The second-order valence-corrected chi connectivity index (χ2v) is 15.0. The number of benzene rings is 8. The molecule has 0 atom stereocenters. The Labute approximate surface area is 327 Å². The van der Waals surface area contributed by atoms with Gasteiger partial charge in [-0.1, -0.05) is 170 Å². The van der Waals surface area contributed by atoms with E-state index >= 15 is 0 Å². The number of aromatic nitrogens is 3. The number of thiophene rings is 1. The van der Waals surface area contributed by atoms with Crippen LogP contribution in [0.4, 0.5) is 0 Å². The molecule has 3 aromatic heterocycles. The van der Waals surface area contributed by atoms with Gasteiger partial charge in [0.25, 0.3) is 0 Å². The van der Waals surface area contributed by atoms with Crippen LogP contribution < -0.4 is 0 Å². The maximum Gasteiger partial charge on any atom is 0.164 e. The van der Waals surface area contributed by atoms with Gasteiger partial charge >= 0.3 is 0 Å². The minimum atomic E-state index is 0.598. The lowest BCUT2D eigenvalue weighted by molar-refractivity contribution is 0.669. The molecule has 0 aliphatic carbocycles. The van der Waals surface area contributed by atoms with Crippen molar-refractivity contribution in [1.29, 1.82) is 0 Å². The Bertz CT molecular complexity index is 3230. The summed E-state index contributed by atoms with van der Waals surface area (Å²) in [6, 6.07) is 65.6. The Kier molecular flexibility index (Phi) is 7.64. The van der Waals surface area contributed by atoms with E-state index in [1.54, 1.807) is 0 Å². The molecule has 0 saturated carbocycles. The summed E-state index contributed by atoms with van der Waals surface area (Å²) in [6.07, 6.45) is 0. The Morgan fingerprint density at radius 3 is 1.45 bits per heavy atom. The van der Waals surface area contributed by atoms with E-state index in [-0.39, 0.29) is 0 Å². The molecule has 0 fully saturated rings. The lowest BCUT2D eigenvalue weighted by atomic mass is 9.99. The van der Waals surface area contributed by atoms with E-state index in [1.807, 2.05) is 59.9 Å². The van der Waals surface area contributed by atoms with Crippen LogP contribution in [0.3, 0.4) is 0 Å². The van der Waals surface area contributed by atoms with Crippen LogP contribution in [0.25, 0.3) is 110 Å². The highest BCUT2D eigenvalue weighted by Gasteiger charge is 2.19. The summed E-state index contributed by atoms with van der Waals surface area (Å²) in [5.74, 6) is 1.83. The molecule has 11 rings (SSSR count). The van der Waals surface area contributed by atoms with E-state index in [0.717, 1.165) is 55.3 Å². The molecule has 8 aromatic carbocycles. The quantitative estimate of drug-likeness (QED) is 0.171. The van der Waals surface area contributed by atoms with E-state index < -0.39 is 0 Å². The fourth-order valence-corrected chi connectivity index (χ4v) is 9.23. The van der Waals surface area contributed by atoms with Crippen molar-refractivity contribution >= 4 is 53.4 Å². The largest absolute Gasteiger partial charge is 0.456 e. The number of fused-ring (bicyclic) bond motifs is 6. The van der Waals surface area contributed by atoms with Crippen molar-refractivity contribution in [2.75, 3.05) is 0 Å². The van der Waals surface area contributed by atoms with E-state index in [0.29, 0.717) is 17.5 Å². The Hall–Kier alpha value is -7.21. The zero-order chi connectivity index (χ0) is 37.0. The third kappa shape index (κ3) is 5.48. The number of rotatable bonds is 6. The Balaban J connectivity index is 1.04. The van der Waals surface area contributed by atoms with Crippen LogP contribution in [0.2, 0.25) is 0 Å². The van der Waals surface area contributed by atoms with Gasteiger partial charge in [-0.25, -0.2) is 15.0 Å². The van der Waals surface area contributed by atoms with Crippen molar-refractivity contribution in [2.24, 2.45) is 0 Å². The van der Waals surface area contributed by atoms with Crippen LogP contribution >= 0.6 is 11.3 Å². The van der Waals surface area contributed by atoms with Crippen LogP contribution in [-0.2, 0) is 0 Å². The van der Waals surface area contributed by atoms with Crippen LogP contribution in [-0.4, -0.2) is 15.0 Å². The van der Waals surface area contributed by atoms with Gasteiger partial charge in [0.15, 0.2) is 17.5 Å². The first-order valence-corrected chi connectivity index (χ1v) is 19.5. The smallest absolute Gasteiger partial charge is 0.164 e. The standard InChI is InChI=1S/C51H31N3OS/c1-4-13-32(14-5-1)37-29-30-44-43(31-37)46-42(23-12-24-45(46)55-44)51-53-49(35-17-8-3-9-18-35)52-50(54-51)36-27-25-34(26-28-36)39-20-11-22-41-40-21-10-19-38(47(40)56-48(39)41)33-15-6-2-7-16-33/h1-31H. The molecule has 0 bridgehead atoms. The van der Waals surface area contributed by atoms with Gasteiger partial charge < -0.3 is 4.42 Å². The van der Waals surface area contributed by atoms with Crippen LogP contribution in [0, 0.1) is 0 Å². The van der Waals surface area contributed by atoms with E-state index in [9.17, 15) is 0 Å². The highest BCUT2D eigenvalue weighted by Crippen LogP contribution is 2.44. The minimum absolute atomic E-state index is 0.598. The third-order valence-corrected chi connectivity index (χ3v) is 11.9. The van der Waals surface area contributed by atoms with Gasteiger partial charge in [0.1, 0.15) is 11.2 Å². The first-order chi connectivity index (χ1) is 27.7. The summed E-state index contributed by atoms with van der Waals surface area (Å²) >= 11 is 1.87. The number of hydrogen-bond acceptors (Lipinski definition) is 5. The van der Waals surface area contributed by atoms with Crippen molar-refractivity contribution in [3.05, 3.63) is 188 Å². The molecular weight excluding hydrogens is 703 g/mol. The molecular formula is C51H31N3OS. The summed E-state index contributed by atoms with van der Waals surface area (Å²) in [5, 5.41) is 4.57. The fraction of sp³-hybridized carbons (Fsp3) is 0.